The van der Waals surface area contributed by atoms with Crippen LogP contribution in [0.1, 0.15) is 49.1 Å². The molecule has 0 radical (unpaired) electrons. The van der Waals surface area contributed by atoms with Crippen molar-refractivity contribution in [1.29, 1.82) is 0 Å². The molecule has 2 amide bonds. The Balaban J connectivity index is 1.64. The van der Waals surface area contributed by atoms with E-state index >= 15 is 0 Å². The zero-order chi connectivity index (χ0) is 18.7. The summed E-state index contributed by atoms with van der Waals surface area (Å²) in [6, 6.07) is 6.45. The Hall–Kier alpha value is -2.30. The molecule has 0 heterocycles. The largest absolute Gasteiger partial charge is 0.496 e. The third-order valence-corrected chi connectivity index (χ3v) is 5.85. The minimum atomic E-state index is -0.118. The molecule has 0 aliphatic heterocycles. The van der Waals surface area contributed by atoms with E-state index in [1.807, 2.05) is 24.1 Å². The van der Waals surface area contributed by atoms with Crippen molar-refractivity contribution in [3.8, 4) is 5.75 Å². The van der Waals surface area contributed by atoms with Gasteiger partial charge in [-0.3, -0.25) is 9.59 Å². The summed E-state index contributed by atoms with van der Waals surface area (Å²) in [5, 5.41) is 2.96. The van der Waals surface area contributed by atoms with Gasteiger partial charge in [0.15, 0.2) is 0 Å². The Morgan fingerprint density at radius 1 is 1.23 bits per heavy atom. The van der Waals surface area contributed by atoms with Gasteiger partial charge in [0.1, 0.15) is 5.75 Å². The molecule has 0 saturated heterocycles. The highest BCUT2D eigenvalue weighted by molar-refractivity contribution is 5.87. The molecule has 1 fully saturated rings. The molecule has 1 saturated carbocycles. The monoisotopic (exact) mass is 356 g/mol. The second kappa shape index (κ2) is 7.94. The maximum atomic E-state index is 13.2. The molecule has 0 aromatic heterocycles. The molecule has 5 heteroatoms. The molecule has 0 bridgehead atoms. The number of nitrogens with zero attached hydrogens (tertiary/aromatic N) is 1. The van der Waals surface area contributed by atoms with E-state index < -0.39 is 0 Å². The summed E-state index contributed by atoms with van der Waals surface area (Å²) in [5.74, 6) is 0.784. The lowest BCUT2D eigenvalue weighted by Gasteiger charge is -2.36. The van der Waals surface area contributed by atoms with E-state index in [2.05, 4.69) is 18.0 Å². The van der Waals surface area contributed by atoms with E-state index in [-0.39, 0.29) is 29.8 Å². The lowest BCUT2D eigenvalue weighted by atomic mass is 9.89. The maximum absolute atomic E-state index is 13.2. The predicted octanol–water partition coefficient (Wildman–Crippen LogP) is 2.80. The number of fused-ring (bicyclic) bond motifs is 1. The molecule has 1 atom stereocenters. The highest BCUT2D eigenvalue weighted by Crippen LogP contribution is 2.41. The maximum Gasteiger partial charge on any atom is 0.243 e. The molecule has 0 spiro atoms. The molecule has 1 aromatic rings. The highest BCUT2D eigenvalue weighted by atomic mass is 16.5. The zero-order valence-electron chi connectivity index (χ0n) is 15.7. The van der Waals surface area contributed by atoms with Gasteiger partial charge in [0.25, 0.3) is 0 Å². The SMILES string of the molecule is C=CC(=O)NC1CCC(N(C)C(=O)C2CCc3cccc(OC)c32)CC1. The van der Waals surface area contributed by atoms with Gasteiger partial charge in [0, 0.05) is 24.7 Å². The number of benzene rings is 1. The van der Waals surface area contributed by atoms with Gasteiger partial charge < -0.3 is 15.0 Å². The van der Waals surface area contributed by atoms with Crippen LogP contribution < -0.4 is 10.1 Å². The van der Waals surface area contributed by atoms with E-state index in [1.54, 1.807) is 7.11 Å². The van der Waals surface area contributed by atoms with Crippen LogP contribution in [0.4, 0.5) is 0 Å². The molecule has 3 rings (SSSR count). The minimum absolute atomic E-state index is 0.107. The minimum Gasteiger partial charge on any atom is -0.496 e. The van der Waals surface area contributed by atoms with Gasteiger partial charge in [-0.05, 0) is 56.2 Å². The summed E-state index contributed by atoms with van der Waals surface area (Å²) >= 11 is 0. The molecule has 2 aliphatic rings. The Kier molecular flexibility index (Phi) is 5.64. The normalized spacial score (nSPS) is 24.5. The smallest absolute Gasteiger partial charge is 0.243 e. The van der Waals surface area contributed by atoms with Gasteiger partial charge in [-0.2, -0.15) is 0 Å². The average molecular weight is 356 g/mol. The fraction of sp³-hybridized carbons (Fsp3) is 0.524. The number of hydrogen-bond donors (Lipinski definition) is 1. The van der Waals surface area contributed by atoms with E-state index in [0.29, 0.717) is 0 Å². The van der Waals surface area contributed by atoms with Crippen molar-refractivity contribution < 1.29 is 14.3 Å². The fourth-order valence-electron chi connectivity index (χ4n) is 4.37. The van der Waals surface area contributed by atoms with Crippen LogP contribution in [0.3, 0.4) is 0 Å². The lowest BCUT2D eigenvalue weighted by Crippen LogP contribution is -2.45. The molecule has 140 valence electrons. The van der Waals surface area contributed by atoms with Crippen LogP contribution >= 0.6 is 0 Å². The van der Waals surface area contributed by atoms with Gasteiger partial charge in [-0.25, -0.2) is 0 Å². The van der Waals surface area contributed by atoms with Crippen molar-refractivity contribution >= 4 is 11.8 Å². The third-order valence-electron chi connectivity index (χ3n) is 5.85. The number of likely N-dealkylation sites (N-methyl/N-ethyl adjacent to an activating group) is 1. The Bertz CT molecular complexity index is 692. The first kappa shape index (κ1) is 18.5. The van der Waals surface area contributed by atoms with Crippen molar-refractivity contribution in [1.82, 2.24) is 10.2 Å². The first-order valence-corrected chi connectivity index (χ1v) is 9.40. The van der Waals surface area contributed by atoms with Crippen LogP contribution in [-0.2, 0) is 16.0 Å². The molecular weight excluding hydrogens is 328 g/mol. The quantitative estimate of drug-likeness (QED) is 0.826. The van der Waals surface area contributed by atoms with Crippen LogP contribution in [0.15, 0.2) is 30.9 Å². The van der Waals surface area contributed by atoms with Crippen molar-refractivity contribution in [3.05, 3.63) is 42.0 Å². The molecule has 1 aromatic carbocycles. The van der Waals surface area contributed by atoms with Gasteiger partial charge in [0.05, 0.1) is 13.0 Å². The number of hydrogen-bond acceptors (Lipinski definition) is 3. The summed E-state index contributed by atoms with van der Waals surface area (Å²) in [6.07, 6.45) is 6.71. The van der Waals surface area contributed by atoms with Crippen LogP contribution in [0.25, 0.3) is 0 Å². The van der Waals surface area contributed by atoms with E-state index in [4.69, 9.17) is 4.74 Å². The van der Waals surface area contributed by atoms with Crippen LogP contribution in [0.2, 0.25) is 0 Å². The van der Waals surface area contributed by atoms with Crippen LogP contribution in [0, 0.1) is 0 Å². The summed E-state index contributed by atoms with van der Waals surface area (Å²) in [7, 11) is 3.58. The Morgan fingerprint density at radius 2 is 1.96 bits per heavy atom. The zero-order valence-corrected chi connectivity index (χ0v) is 15.7. The van der Waals surface area contributed by atoms with Crippen LogP contribution in [-0.4, -0.2) is 43.0 Å². The topological polar surface area (TPSA) is 58.6 Å². The van der Waals surface area contributed by atoms with Gasteiger partial charge in [-0.15, -0.1) is 0 Å². The number of carbonyl (C=O) groups is 2. The van der Waals surface area contributed by atoms with E-state index in [0.717, 1.165) is 49.8 Å². The number of ether oxygens (including phenoxy) is 1. The third kappa shape index (κ3) is 3.62. The first-order chi connectivity index (χ1) is 12.5. The first-order valence-electron chi connectivity index (χ1n) is 9.40. The lowest BCUT2D eigenvalue weighted by molar-refractivity contribution is -0.134. The van der Waals surface area contributed by atoms with Crippen molar-refractivity contribution in [2.24, 2.45) is 0 Å². The highest BCUT2D eigenvalue weighted by Gasteiger charge is 2.36. The molecule has 26 heavy (non-hydrogen) atoms. The second-order valence-electron chi connectivity index (χ2n) is 7.29. The van der Waals surface area contributed by atoms with E-state index in [1.165, 1.54) is 11.6 Å². The van der Waals surface area contributed by atoms with Gasteiger partial charge in [0.2, 0.25) is 11.8 Å². The van der Waals surface area contributed by atoms with Gasteiger partial charge in [-0.1, -0.05) is 18.7 Å². The van der Waals surface area contributed by atoms with Crippen molar-refractivity contribution in [2.75, 3.05) is 14.2 Å². The second-order valence-corrected chi connectivity index (χ2v) is 7.29. The number of nitrogens with one attached hydrogen (secondary N) is 1. The Labute approximate surface area is 155 Å². The number of amides is 2. The Morgan fingerprint density at radius 3 is 2.62 bits per heavy atom. The number of aryl methyl sites for hydroxylation is 1. The van der Waals surface area contributed by atoms with Gasteiger partial charge >= 0.3 is 0 Å². The van der Waals surface area contributed by atoms with Crippen molar-refractivity contribution in [2.45, 2.75) is 56.5 Å². The predicted molar refractivity (Wildman–Crippen MR) is 101 cm³/mol. The summed E-state index contributed by atoms with van der Waals surface area (Å²) in [4.78, 5) is 26.5. The summed E-state index contributed by atoms with van der Waals surface area (Å²) in [5.41, 5.74) is 2.30. The fourth-order valence-corrected chi connectivity index (χ4v) is 4.37. The average Bonchev–Trinajstić information content (AvgIpc) is 3.11. The number of carbonyl (C=O) groups excluding carboxylic acids is 2. The standard InChI is InChI=1S/C21H28N2O3/c1-4-19(24)22-15-9-11-16(12-10-15)23(2)21(25)17-13-8-14-6-5-7-18(26-3)20(14)17/h4-7,15-17H,1,8-13H2,2-3H3,(H,22,24). The molecule has 2 aliphatic carbocycles. The molecule has 1 unspecified atom stereocenters. The molecule has 1 N–H and O–H groups in total. The number of methoxy groups -OCH3 is 1. The number of rotatable bonds is 5. The summed E-state index contributed by atoms with van der Waals surface area (Å²) in [6.45, 7) is 3.49. The summed E-state index contributed by atoms with van der Waals surface area (Å²) < 4.78 is 5.51. The van der Waals surface area contributed by atoms with E-state index in [9.17, 15) is 9.59 Å². The van der Waals surface area contributed by atoms with Crippen molar-refractivity contribution in [3.63, 3.8) is 0 Å². The van der Waals surface area contributed by atoms with Crippen LogP contribution in [0.5, 0.6) is 5.75 Å². The molecule has 5 nitrogen and oxygen atoms in total. The molecular formula is C21H28N2O3.